The van der Waals surface area contributed by atoms with E-state index in [1.807, 2.05) is 0 Å². The Bertz CT molecular complexity index is 153. The molecule has 0 heterocycles. The second kappa shape index (κ2) is 5.10. The van der Waals surface area contributed by atoms with Gasteiger partial charge in [0.1, 0.15) is 0 Å². The Hall–Kier alpha value is 0.886. The smallest absolute Gasteiger partial charge is 0.314 e. The summed E-state index contributed by atoms with van der Waals surface area (Å²) in [5, 5.41) is 0. The topological polar surface area (TPSA) is 12.5 Å². The van der Waals surface area contributed by atoms with Crippen molar-refractivity contribution in [2.75, 3.05) is 13.2 Å². The van der Waals surface area contributed by atoms with E-state index in [2.05, 4.69) is 42.8 Å². The summed E-state index contributed by atoms with van der Waals surface area (Å²) >= 11 is 1.18. The van der Waals surface area contributed by atoms with Crippen LogP contribution in [0.5, 0.6) is 0 Å². The highest BCUT2D eigenvalue weighted by Crippen LogP contribution is 2.06. The molecule has 0 aromatic heterocycles. The summed E-state index contributed by atoms with van der Waals surface area (Å²) in [4.78, 5) is 0. The summed E-state index contributed by atoms with van der Waals surface area (Å²) < 4.78 is 8.44. The van der Waals surface area contributed by atoms with Gasteiger partial charge in [-0.3, -0.25) is 0 Å². The third-order valence-corrected chi connectivity index (χ3v) is 10.2. The van der Waals surface area contributed by atoms with E-state index in [1.54, 1.807) is 0 Å². The van der Waals surface area contributed by atoms with Gasteiger partial charge in [0.05, 0.1) is 8.24 Å². The van der Waals surface area contributed by atoms with Gasteiger partial charge in [-0.25, -0.2) is 0 Å². The van der Waals surface area contributed by atoms with Crippen molar-refractivity contribution in [2.45, 2.75) is 39.3 Å². The van der Waals surface area contributed by atoms with Crippen LogP contribution in [0.4, 0.5) is 0 Å². The van der Waals surface area contributed by atoms with Crippen LogP contribution < -0.4 is 0 Å². The molecule has 13 heavy (non-hydrogen) atoms. The Morgan fingerprint density at radius 1 is 1.08 bits per heavy atom. The second-order valence-corrected chi connectivity index (χ2v) is 17.1. The monoisotopic (exact) mass is 233 g/mol. The van der Waals surface area contributed by atoms with Crippen molar-refractivity contribution in [1.29, 1.82) is 0 Å². The lowest BCUT2D eigenvalue weighted by Gasteiger charge is -2.32. The van der Waals surface area contributed by atoms with Gasteiger partial charge in [-0.2, -0.15) is 0 Å². The van der Waals surface area contributed by atoms with Crippen LogP contribution in [0.2, 0.25) is 39.3 Å². The number of hydrogen-bond acceptors (Lipinski definition) is 2. The van der Waals surface area contributed by atoms with Crippen LogP contribution in [-0.2, 0) is 4.43 Å². The summed E-state index contributed by atoms with van der Waals surface area (Å²) in [5.41, 5.74) is 0. The van der Waals surface area contributed by atoms with Crippen LogP contribution in [0.3, 0.4) is 0 Å². The molecule has 2 nitrogen and oxygen atoms in total. The normalized spacial score (nSPS) is 13.8. The van der Waals surface area contributed by atoms with Crippen LogP contribution in [0.1, 0.15) is 0 Å². The van der Waals surface area contributed by atoms with E-state index in [4.69, 9.17) is 4.43 Å². The lowest BCUT2D eigenvalue weighted by molar-refractivity contribution is 0.298. The molecular formula is C8H24AlNOSi2. The van der Waals surface area contributed by atoms with Crippen molar-refractivity contribution in [1.82, 2.24) is 3.55 Å². The molecule has 0 atom stereocenters. The van der Waals surface area contributed by atoms with Gasteiger partial charge in [-0.05, 0) is 26.2 Å². The van der Waals surface area contributed by atoms with Gasteiger partial charge in [0, 0.05) is 6.61 Å². The third-order valence-electron chi connectivity index (χ3n) is 2.11. The summed E-state index contributed by atoms with van der Waals surface area (Å²) in [5.74, 6) is 0. The lowest BCUT2D eigenvalue weighted by atomic mass is 10.8. The fraction of sp³-hybridized carbons (Fsp3) is 1.00. The predicted molar refractivity (Wildman–Crippen MR) is 67.9 cm³/mol. The first-order valence-corrected chi connectivity index (χ1v) is 12.7. The first-order chi connectivity index (χ1) is 5.63. The van der Waals surface area contributed by atoms with E-state index >= 15 is 0 Å². The zero-order valence-electron chi connectivity index (χ0n) is 10.3. The molecule has 0 bridgehead atoms. The molecule has 0 aliphatic carbocycles. The van der Waals surface area contributed by atoms with Crippen LogP contribution in [0.25, 0.3) is 0 Å². The number of rotatable bonds is 5. The van der Waals surface area contributed by atoms with E-state index in [9.17, 15) is 0 Å². The van der Waals surface area contributed by atoms with Gasteiger partial charge in [-0.1, -0.05) is 19.6 Å². The van der Waals surface area contributed by atoms with E-state index in [-0.39, 0.29) is 0 Å². The maximum Gasteiger partial charge on any atom is 0.314 e. The quantitative estimate of drug-likeness (QED) is 0.668. The fourth-order valence-corrected chi connectivity index (χ4v) is 2.47. The lowest BCUT2D eigenvalue weighted by Crippen LogP contribution is -2.46. The average Bonchev–Trinajstić information content (AvgIpc) is 1.82. The zero-order chi connectivity index (χ0) is 10.7. The van der Waals surface area contributed by atoms with Crippen molar-refractivity contribution in [3.05, 3.63) is 0 Å². The molecule has 0 aromatic carbocycles. The van der Waals surface area contributed by atoms with Crippen LogP contribution in [0.15, 0.2) is 0 Å². The molecule has 0 aliphatic heterocycles. The van der Waals surface area contributed by atoms with Crippen molar-refractivity contribution >= 4 is 33.1 Å². The molecule has 0 N–H and O–H groups in total. The van der Waals surface area contributed by atoms with Gasteiger partial charge < -0.3 is 7.98 Å². The molecule has 0 rings (SSSR count). The molecule has 0 aromatic rings. The van der Waals surface area contributed by atoms with Crippen molar-refractivity contribution in [3.63, 3.8) is 0 Å². The molecule has 0 fully saturated rings. The summed E-state index contributed by atoms with van der Waals surface area (Å²) in [6.45, 7) is 16.0. The number of hydrogen-bond donors (Lipinski definition) is 0. The summed E-state index contributed by atoms with van der Waals surface area (Å²) in [6.07, 6.45) is 0. The Balaban J connectivity index is 3.67. The number of nitrogens with zero attached hydrogens (tertiary/aromatic N) is 1. The van der Waals surface area contributed by atoms with Crippen LogP contribution >= 0.6 is 0 Å². The van der Waals surface area contributed by atoms with E-state index in [0.29, 0.717) is 0 Å². The highest BCUT2D eigenvalue weighted by atomic mass is 28.4. The minimum atomic E-state index is -1.28. The van der Waals surface area contributed by atoms with Gasteiger partial charge in [-0.15, -0.1) is 0 Å². The second-order valence-electron chi connectivity index (χ2n) is 5.55. The van der Waals surface area contributed by atoms with Gasteiger partial charge in [0.15, 0.2) is 8.32 Å². The molecule has 0 radical (unpaired) electrons. The fourth-order valence-electron chi connectivity index (χ4n) is 0.824. The first kappa shape index (κ1) is 13.9. The maximum atomic E-state index is 5.84. The van der Waals surface area contributed by atoms with Crippen LogP contribution in [-0.4, -0.2) is 49.8 Å². The summed E-state index contributed by atoms with van der Waals surface area (Å²) in [6, 6.07) is 0. The van der Waals surface area contributed by atoms with E-state index < -0.39 is 16.6 Å². The largest absolute Gasteiger partial charge is 0.416 e. The molecule has 5 heteroatoms. The Labute approximate surface area is 93.5 Å². The zero-order valence-corrected chi connectivity index (χ0v) is 14.3. The first-order valence-electron chi connectivity index (χ1n) is 4.98. The minimum Gasteiger partial charge on any atom is -0.416 e. The van der Waals surface area contributed by atoms with Gasteiger partial charge in [0.2, 0.25) is 0 Å². The van der Waals surface area contributed by atoms with Crippen molar-refractivity contribution < 1.29 is 4.43 Å². The van der Waals surface area contributed by atoms with Gasteiger partial charge >= 0.3 is 16.5 Å². The molecule has 78 valence electrons. The SMILES string of the molecule is C[Si](C)(C)OCC[N]([AlH2])[Si](C)(C)C. The molecule has 0 spiro atoms. The van der Waals surface area contributed by atoms with Gasteiger partial charge in [0.25, 0.3) is 0 Å². The van der Waals surface area contributed by atoms with Crippen molar-refractivity contribution in [3.8, 4) is 0 Å². The van der Waals surface area contributed by atoms with Crippen molar-refractivity contribution in [2.24, 2.45) is 0 Å². The summed E-state index contributed by atoms with van der Waals surface area (Å²) in [7, 11) is -2.31. The highest BCUT2D eigenvalue weighted by molar-refractivity contribution is 6.77. The van der Waals surface area contributed by atoms with Crippen LogP contribution in [0, 0.1) is 0 Å². The van der Waals surface area contributed by atoms with E-state index in [1.165, 1.54) is 16.5 Å². The molecule has 0 saturated heterocycles. The maximum absolute atomic E-state index is 5.84. The predicted octanol–water partition coefficient (Wildman–Crippen LogP) is 1.52. The Morgan fingerprint density at radius 3 is 1.85 bits per heavy atom. The Morgan fingerprint density at radius 2 is 1.54 bits per heavy atom. The molecule has 0 unspecified atom stereocenters. The molecular weight excluding hydrogens is 209 g/mol. The molecule has 0 saturated carbocycles. The third kappa shape index (κ3) is 7.92. The minimum absolute atomic E-state index is 0.934. The highest BCUT2D eigenvalue weighted by Gasteiger charge is 2.19. The Kier molecular flexibility index (Phi) is 5.45. The molecule has 0 aliphatic rings. The van der Waals surface area contributed by atoms with E-state index in [0.717, 1.165) is 13.2 Å². The molecule has 0 amide bonds. The average molecular weight is 233 g/mol. The standard InChI is InChI=1S/C8H22NOSi2.Al.2H/c1-11(2,3)9-7-8-10-12(4,5)6;;;/h7-8H2,1-6H3;;;/q-1;+1;;.